The van der Waals surface area contributed by atoms with Gasteiger partial charge in [0.2, 0.25) is 0 Å². The Morgan fingerprint density at radius 1 is 0.424 bits per heavy atom. The van der Waals surface area contributed by atoms with Crippen molar-refractivity contribution in [3.63, 3.8) is 0 Å². The summed E-state index contributed by atoms with van der Waals surface area (Å²) in [4.78, 5) is 0. The van der Waals surface area contributed by atoms with E-state index in [-0.39, 0.29) is 0 Å². The second-order valence-corrected chi connectivity index (χ2v) is 10.2. The minimum absolute atomic E-state index is 1.13. The van der Waals surface area contributed by atoms with Crippen LogP contribution in [0.5, 0.6) is 0 Å². The van der Waals surface area contributed by atoms with Gasteiger partial charge in [0.1, 0.15) is 19.8 Å². The van der Waals surface area contributed by atoms with Crippen molar-refractivity contribution in [1.29, 1.82) is 0 Å². The van der Waals surface area contributed by atoms with E-state index < -0.39 is 0 Å². The van der Waals surface area contributed by atoms with E-state index in [4.69, 9.17) is 0 Å². The summed E-state index contributed by atoms with van der Waals surface area (Å²) in [6.45, 7) is 5.62. The fourth-order valence-corrected chi connectivity index (χ4v) is 4.34. The highest BCUT2D eigenvalue weighted by Crippen LogP contribution is 2.14. The Morgan fingerprint density at radius 2 is 0.788 bits per heavy atom. The van der Waals surface area contributed by atoms with Gasteiger partial charge in [-0.1, -0.05) is 134 Å². The van der Waals surface area contributed by atoms with Crippen LogP contribution in [0.25, 0.3) is 0 Å². The van der Waals surface area contributed by atoms with Crippen LogP contribution < -0.4 is 0 Å². The van der Waals surface area contributed by atoms with Crippen molar-refractivity contribution in [2.24, 2.45) is 0 Å². The molecule has 1 heteroatoms. The molecule has 0 aromatic carbocycles. The molecule has 0 aromatic heterocycles. The van der Waals surface area contributed by atoms with Gasteiger partial charge in [-0.3, -0.25) is 0 Å². The highest BCUT2D eigenvalue weighted by atomic mass is 14.9. The molecule has 0 bridgehead atoms. The molecule has 194 valence electrons. The predicted molar refractivity (Wildman–Crippen MR) is 153 cm³/mol. The average molecular weight is 461 g/mol. The van der Waals surface area contributed by atoms with Crippen molar-refractivity contribution in [2.45, 2.75) is 162 Å². The van der Waals surface area contributed by atoms with Crippen LogP contribution in [0.2, 0.25) is 0 Å². The number of rotatable bonds is 26. The van der Waals surface area contributed by atoms with Crippen molar-refractivity contribution in [3.05, 3.63) is 24.3 Å². The second kappa shape index (κ2) is 29.2. The lowest BCUT2D eigenvalue weighted by Gasteiger charge is -2.03. The van der Waals surface area contributed by atoms with Gasteiger partial charge in [0, 0.05) is 6.42 Å². The number of nitrogens with zero attached hydrogens (tertiary/aromatic N) is 1. The third-order valence-corrected chi connectivity index (χ3v) is 6.84. The lowest BCUT2D eigenvalue weighted by atomic mass is 10.0. The molecule has 0 spiro atoms. The molecule has 0 fully saturated rings. The van der Waals surface area contributed by atoms with E-state index in [9.17, 15) is 0 Å². The van der Waals surface area contributed by atoms with Crippen molar-refractivity contribution in [3.8, 4) is 0 Å². The summed E-state index contributed by atoms with van der Waals surface area (Å²) < 4.78 is 2.30. The molecular formula is C32H62N+. The standard InChI is InChI=1S/C32H62N/c1-4-6-7-8-9-10-11-12-13-14-15-16-17-18-19-20-21-22-23-24-25-26-27-28-29-30-31-32-33(3)5-2/h9-10,12-13,32H,4-8,11,14-31H2,1-3H3/q+1/b10-9-,13-12-,33-32+. The van der Waals surface area contributed by atoms with Crippen molar-refractivity contribution < 1.29 is 4.58 Å². The topological polar surface area (TPSA) is 3.01 Å². The van der Waals surface area contributed by atoms with Crippen LogP contribution in [0.15, 0.2) is 24.3 Å². The summed E-state index contributed by atoms with van der Waals surface area (Å²) in [5.74, 6) is 0. The van der Waals surface area contributed by atoms with E-state index >= 15 is 0 Å². The molecular weight excluding hydrogens is 398 g/mol. The van der Waals surface area contributed by atoms with Gasteiger partial charge in [0.15, 0.2) is 0 Å². The summed E-state index contributed by atoms with van der Waals surface area (Å²) in [6.07, 6.45) is 43.9. The Balaban J connectivity index is 3.13. The first kappa shape index (κ1) is 32.1. The van der Waals surface area contributed by atoms with Gasteiger partial charge in [-0.25, -0.2) is 4.58 Å². The maximum atomic E-state index is 2.39. The van der Waals surface area contributed by atoms with Crippen LogP contribution in [-0.4, -0.2) is 24.4 Å². The van der Waals surface area contributed by atoms with E-state index in [0.717, 1.165) is 13.0 Å². The van der Waals surface area contributed by atoms with Crippen LogP contribution in [0.1, 0.15) is 162 Å². The molecule has 0 atom stereocenters. The molecule has 0 aromatic rings. The quantitative estimate of drug-likeness (QED) is 0.0522. The summed E-state index contributed by atoms with van der Waals surface area (Å²) in [6, 6.07) is 0. The Bertz CT molecular complexity index is 445. The molecule has 0 heterocycles. The van der Waals surface area contributed by atoms with Gasteiger partial charge < -0.3 is 0 Å². The lowest BCUT2D eigenvalue weighted by Crippen LogP contribution is -2.05. The van der Waals surface area contributed by atoms with Crippen molar-refractivity contribution in [1.82, 2.24) is 0 Å². The summed E-state index contributed by atoms with van der Waals surface area (Å²) in [5, 5.41) is 0. The summed E-state index contributed by atoms with van der Waals surface area (Å²) in [5.41, 5.74) is 0. The normalized spacial score (nSPS) is 12.5. The number of hydrogen-bond acceptors (Lipinski definition) is 0. The first-order valence-corrected chi connectivity index (χ1v) is 15.1. The Labute approximate surface area is 210 Å². The fourth-order valence-electron chi connectivity index (χ4n) is 4.34. The van der Waals surface area contributed by atoms with Crippen molar-refractivity contribution in [2.75, 3.05) is 13.6 Å². The summed E-state index contributed by atoms with van der Waals surface area (Å²) >= 11 is 0. The Morgan fingerprint density at radius 3 is 1.18 bits per heavy atom. The highest BCUT2D eigenvalue weighted by Gasteiger charge is 1.96. The van der Waals surface area contributed by atoms with Crippen LogP contribution in [0.3, 0.4) is 0 Å². The maximum Gasteiger partial charge on any atom is 0.139 e. The van der Waals surface area contributed by atoms with E-state index in [2.05, 4.69) is 56.0 Å². The zero-order valence-electron chi connectivity index (χ0n) is 23.3. The average Bonchev–Trinajstić information content (AvgIpc) is 2.83. The van der Waals surface area contributed by atoms with Gasteiger partial charge in [-0.15, -0.1) is 0 Å². The van der Waals surface area contributed by atoms with Gasteiger partial charge in [-0.2, -0.15) is 0 Å². The minimum atomic E-state index is 1.13. The molecule has 0 aliphatic rings. The van der Waals surface area contributed by atoms with Gasteiger partial charge >= 0.3 is 0 Å². The molecule has 33 heavy (non-hydrogen) atoms. The molecule has 0 saturated carbocycles. The third kappa shape index (κ3) is 29.1. The number of unbranched alkanes of at least 4 members (excludes halogenated alkanes) is 20. The van der Waals surface area contributed by atoms with Gasteiger partial charge in [0.25, 0.3) is 0 Å². The van der Waals surface area contributed by atoms with Crippen LogP contribution in [-0.2, 0) is 0 Å². The van der Waals surface area contributed by atoms with Gasteiger partial charge in [0.05, 0.1) is 0 Å². The smallest absolute Gasteiger partial charge is 0.139 e. The number of allylic oxidation sites excluding steroid dienone is 4. The third-order valence-electron chi connectivity index (χ3n) is 6.84. The minimum Gasteiger partial charge on any atom is -0.243 e. The Kier molecular flexibility index (Phi) is 28.4. The van der Waals surface area contributed by atoms with Crippen LogP contribution in [0.4, 0.5) is 0 Å². The van der Waals surface area contributed by atoms with Crippen molar-refractivity contribution >= 4 is 6.21 Å². The van der Waals surface area contributed by atoms with E-state index in [0.29, 0.717) is 0 Å². The molecule has 0 N–H and O–H groups in total. The first-order chi connectivity index (χ1) is 16.3. The summed E-state index contributed by atoms with van der Waals surface area (Å²) in [7, 11) is 2.18. The lowest BCUT2D eigenvalue weighted by molar-refractivity contribution is -0.489. The molecule has 0 unspecified atom stereocenters. The van der Waals surface area contributed by atoms with Crippen LogP contribution in [0, 0.1) is 0 Å². The van der Waals surface area contributed by atoms with Gasteiger partial charge in [-0.05, 0) is 45.4 Å². The maximum absolute atomic E-state index is 2.39. The van der Waals surface area contributed by atoms with Crippen LogP contribution >= 0.6 is 0 Å². The highest BCUT2D eigenvalue weighted by molar-refractivity contribution is 5.50. The van der Waals surface area contributed by atoms with E-state index in [1.807, 2.05) is 0 Å². The molecule has 0 saturated heterocycles. The zero-order valence-corrected chi connectivity index (χ0v) is 23.3. The predicted octanol–water partition coefficient (Wildman–Crippen LogP) is 10.8. The molecule has 0 aliphatic heterocycles. The van der Waals surface area contributed by atoms with E-state index in [1.54, 1.807) is 0 Å². The zero-order chi connectivity index (χ0) is 24.1. The largest absolute Gasteiger partial charge is 0.243 e. The fraction of sp³-hybridized carbons (Fsp3) is 0.844. The van der Waals surface area contributed by atoms with E-state index in [1.165, 1.54) is 141 Å². The monoisotopic (exact) mass is 460 g/mol. The molecule has 0 aliphatic carbocycles. The molecule has 0 amide bonds. The first-order valence-electron chi connectivity index (χ1n) is 15.1. The molecule has 0 radical (unpaired) electrons. The Hall–Kier alpha value is -0.850. The SMILES string of the molecule is CCCCC/C=C\C/C=C\CCCCCCCCCCCCCCCCCC/C=[N+](\C)CC. The molecule has 0 rings (SSSR count). The number of hydrogen-bond donors (Lipinski definition) is 0. The molecule has 1 nitrogen and oxygen atoms in total. The second-order valence-electron chi connectivity index (χ2n) is 10.2.